The van der Waals surface area contributed by atoms with Gasteiger partial charge in [-0.1, -0.05) is 34.8 Å². The van der Waals surface area contributed by atoms with Gasteiger partial charge in [-0.3, -0.25) is 0 Å². The lowest BCUT2D eigenvalue weighted by Gasteiger charge is -2.21. The van der Waals surface area contributed by atoms with E-state index < -0.39 is 0 Å². The van der Waals surface area contributed by atoms with Gasteiger partial charge in [0.25, 0.3) is 0 Å². The molecule has 3 nitrogen and oxygen atoms in total. The van der Waals surface area contributed by atoms with Crippen molar-refractivity contribution in [1.29, 1.82) is 5.26 Å². The van der Waals surface area contributed by atoms with Crippen LogP contribution < -0.4 is 9.47 Å². The fourth-order valence-electron chi connectivity index (χ4n) is 1.69. The van der Waals surface area contributed by atoms with E-state index in [0.29, 0.717) is 43.6 Å². The summed E-state index contributed by atoms with van der Waals surface area (Å²) in [6, 6.07) is 8.14. The molecule has 0 N–H and O–H groups in total. The number of rotatable bonds is 0. The first-order chi connectivity index (χ1) is 9.08. The molecule has 19 heavy (non-hydrogen) atoms. The van der Waals surface area contributed by atoms with Crippen molar-refractivity contribution in [2.45, 2.75) is 0 Å². The van der Waals surface area contributed by atoms with Crippen LogP contribution in [0.3, 0.4) is 0 Å². The molecule has 1 aliphatic rings. The lowest BCUT2D eigenvalue weighted by molar-refractivity contribution is 0.359. The van der Waals surface area contributed by atoms with E-state index in [-0.39, 0.29) is 0 Å². The molecule has 0 aliphatic carbocycles. The summed E-state index contributed by atoms with van der Waals surface area (Å²) in [7, 11) is 0. The van der Waals surface area contributed by atoms with Gasteiger partial charge in [-0.25, -0.2) is 0 Å². The molecule has 0 saturated heterocycles. The molecule has 0 saturated carbocycles. The average Bonchev–Trinajstić information content (AvgIpc) is 2.38. The van der Waals surface area contributed by atoms with Crippen LogP contribution >= 0.6 is 34.8 Å². The molecule has 6 heteroatoms. The predicted molar refractivity (Wildman–Crippen MR) is 72.8 cm³/mol. The van der Waals surface area contributed by atoms with E-state index in [2.05, 4.69) is 0 Å². The largest absolute Gasteiger partial charge is 0.449 e. The van der Waals surface area contributed by atoms with Gasteiger partial charge in [-0.2, -0.15) is 5.26 Å². The van der Waals surface area contributed by atoms with Gasteiger partial charge < -0.3 is 9.47 Å². The molecule has 3 rings (SSSR count). The van der Waals surface area contributed by atoms with Gasteiger partial charge in [0.15, 0.2) is 23.0 Å². The number of hydrogen-bond donors (Lipinski definition) is 0. The zero-order chi connectivity index (χ0) is 13.6. The number of fused-ring (bicyclic) bond motifs is 2. The van der Waals surface area contributed by atoms with Gasteiger partial charge in [0, 0.05) is 24.3 Å². The molecular weight excluding hydrogens is 309 g/mol. The molecule has 0 bridgehead atoms. The maximum atomic E-state index is 8.93. The normalized spacial score (nSPS) is 11.7. The van der Waals surface area contributed by atoms with Crippen molar-refractivity contribution in [3.05, 3.63) is 44.9 Å². The fraction of sp³-hybridized carbons (Fsp3) is 0. The van der Waals surface area contributed by atoms with Crippen LogP contribution in [0.4, 0.5) is 0 Å². The quantitative estimate of drug-likeness (QED) is 0.557. The van der Waals surface area contributed by atoms with Crippen molar-refractivity contribution < 1.29 is 9.47 Å². The predicted octanol–water partition coefficient (Wildman–Crippen LogP) is 5.42. The minimum Gasteiger partial charge on any atom is -0.449 e. The maximum Gasteiger partial charge on any atom is 0.171 e. The van der Waals surface area contributed by atoms with Crippen LogP contribution in [-0.4, -0.2) is 0 Å². The molecule has 0 aromatic heterocycles. The van der Waals surface area contributed by atoms with Crippen LogP contribution in [0.5, 0.6) is 23.0 Å². The third-order valence-electron chi connectivity index (χ3n) is 2.58. The van der Waals surface area contributed by atoms with Crippen molar-refractivity contribution in [3.8, 4) is 29.1 Å². The Hall–Kier alpha value is -1.60. The molecule has 0 atom stereocenters. The number of nitrogens with zero attached hydrogens (tertiary/aromatic N) is 1. The Morgan fingerprint density at radius 3 is 1.63 bits per heavy atom. The maximum absolute atomic E-state index is 8.93. The molecule has 2 aromatic rings. The third kappa shape index (κ3) is 2.08. The Balaban J connectivity index is 2.12. The van der Waals surface area contributed by atoms with Crippen molar-refractivity contribution in [1.82, 2.24) is 0 Å². The minimum atomic E-state index is 0.299. The molecule has 0 unspecified atom stereocenters. The standard InChI is InChI=1S/C13H4Cl3NO2/c14-7-2-11-10(1-6(7)5-17)18-12-3-8(15)9(16)4-13(12)19-11/h1-4H. The summed E-state index contributed by atoms with van der Waals surface area (Å²) in [5.74, 6) is 1.72. The monoisotopic (exact) mass is 311 g/mol. The number of hydrogen-bond acceptors (Lipinski definition) is 3. The summed E-state index contributed by atoms with van der Waals surface area (Å²) in [4.78, 5) is 0. The molecule has 94 valence electrons. The summed E-state index contributed by atoms with van der Waals surface area (Å²) >= 11 is 17.8. The second-order valence-electron chi connectivity index (χ2n) is 3.81. The van der Waals surface area contributed by atoms with E-state index in [1.807, 2.05) is 6.07 Å². The lowest BCUT2D eigenvalue weighted by atomic mass is 10.2. The summed E-state index contributed by atoms with van der Waals surface area (Å²) in [6.07, 6.45) is 0. The first-order valence-electron chi connectivity index (χ1n) is 5.17. The smallest absolute Gasteiger partial charge is 0.171 e. The Bertz CT molecular complexity index is 738. The Morgan fingerprint density at radius 2 is 1.16 bits per heavy atom. The highest BCUT2D eigenvalue weighted by Gasteiger charge is 2.22. The van der Waals surface area contributed by atoms with Crippen molar-refractivity contribution >= 4 is 34.8 Å². The second-order valence-corrected chi connectivity index (χ2v) is 5.03. The molecule has 0 spiro atoms. The molecule has 0 amide bonds. The lowest BCUT2D eigenvalue weighted by Crippen LogP contribution is -1.99. The molecule has 2 aromatic carbocycles. The zero-order valence-corrected chi connectivity index (χ0v) is 11.5. The van der Waals surface area contributed by atoms with Crippen molar-refractivity contribution in [2.24, 2.45) is 0 Å². The van der Waals surface area contributed by atoms with Gasteiger partial charge >= 0.3 is 0 Å². The molecule has 1 heterocycles. The van der Waals surface area contributed by atoms with E-state index in [9.17, 15) is 0 Å². The van der Waals surface area contributed by atoms with Crippen LogP contribution in [0.1, 0.15) is 5.56 Å². The van der Waals surface area contributed by atoms with Crippen LogP contribution in [-0.2, 0) is 0 Å². The number of ether oxygens (including phenoxy) is 2. The van der Waals surface area contributed by atoms with Crippen molar-refractivity contribution in [3.63, 3.8) is 0 Å². The summed E-state index contributed by atoms with van der Waals surface area (Å²) in [5.41, 5.74) is 0.313. The van der Waals surface area contributed by atoms with Crippen LogP contribution in [0.15, 0.2) is 24.3 Å². The zero-order valence-electron chi connectivity index (χ0n) is 9.21. The summed E-state index contributed by atoms with van der Waals surface area (Å²) < 4.78 is 11.3. The Labute approximate surface area is 123 Å². The number of nitriles is 1. The highest BCUT2D eigenvalue weighted by atomic mass is 35.5. The SMILES string of the molecule is N#Cc1cc2c(cc1Cl)Oc1cc(Cl)c(Cl)cc1O2. The fourth-order valence-corrected chi connectivity index (χ4v) is 2.19. The molecule has 0 radical (unpaired) electrons. The summed E-state index contributed by atoms with van der Waals surface area (Å²) in [5, 5.41) is 9.96. The van der Waals surface area contributed by atoms with Crippen molar-refractivity contribution in [2.75, 3.05) is 0 Å². The van der Waals surface area contributed by atoms with Gasteiger partial charge in [-0.05, 0) is 0 Å². The summed E-state index contributed by atoms with van der Waals surface area (Å²) in [6.45, 7) is 0. The number of halogens is 3. The first-order valence-corrected chi connectivity index (χ1v) is 6.30. The van der Waals surface area contributed by atoms with E-state index in [4.69, 9.17) is 49.5 Å². The highest BCUT2D eigenvalue weighted by molar-refractivity contribution is 6.42. The number of benzene rings is 2. The van der Waals surface area contributed by atoms with E-state index in [0.717, 1.165) is 0 Å². The van der Waals surface area contributed by atoms with Crippen LogP contribution in [0.2, 0.25) is 15.1 Å². The second kappa shape index (κ2) is 4.50. The van der Waals surface area contributed by atoms with E-state index in [1.54, 1.807) is 12.1 Å². The molecule has 1 aliphatic heterocycles. The Morgan fingerprint density at radius 1 is 0.737 bits per heavy atom. The Kier molecular flexibility index (Phi) is 2.94. The topological polar surface area (TPSA) is 42.2 Å². The van der Waals surface area contributed by atoms with Gasteiger partial charge in [-0.15, -0.1) is 0 Å². The minimum absolute atomic E-state index is 0.299. The van der Waals surface area contributed by atoms with Gasteiger partial charge in [0.05, 0.1) is 20.6 Å². The van der Waals surface area contributed by atoms with Gasteiger partial charge in [0.1, 0.15) is 6.07 Å². The van der Waals surface area contributed by atoms with E-state index >= 15 is 0 Å². The molecular formula is C13H4Cl3NO2. The average molecular weight is 313 g/mol. The highest BCUT2D eigenvalue weighted by Crippen LogP contribution is 2.49. The van der Waals surface area contributed by atoms with Crippen LogP contribution in [0, 0.1) is 11.3 Å². The van der Waals surface area contributed by atoms with Gasteiger partial charge in [0.2, 0.25) is 0 Å². The van der Waals surface area contributed by atoms with Crippen LogP contribution in [0.25, 0.3) is 0 Å². The molecule has 0 fully saturated rings. The third-order valence-corrected chi connectivity index (χ3v) is 3.62. The van der Waals surface area contributed by atoms with E-state index in [1.165, 1.54) is 12.1 Å². The first kappa shape index (κ1) is 12.4.